The zero-order valence-corrected chi connectivity index (χ0v) is 10.8. The summed E-state index contributed by atoms with van der Waals surface area (Å²) in [5, 5.41) is 3.49. The van der Waals surface area contributed by atoms with Crippen LogP contribution in [-0.2, 0) is 0 Å². The highest BCUT2D eigenvalue weighted by Crippen LogP contribution is 2.51. The van der Waals surface area contributed by atoms with Crippen molar-refractivity contribution in [3.8, 4) is 0 Å². The van der Waals surface area contributed by atoms with Crippen molar-refractivity contribution >= 4 is 0 Å². The molecule has 92 valence electrons. The van der Waals surface area contributed by atoms with Crippen molar-refractivity contribution < 1.29 is 0 Å². The van der Waals surface area contributed by atoms with Gasteiger partial charge >= 0.3 is 0 Å². The molecule has 2 saturated heterocycles. The first-order chi connectivity index (χ1) is 7.76. The maximum Gasteiger partial charge on any atom is 0.0114 e. The second-order valence-corrected chi connectivity index (χ2v) is 6.37. The molecule has 3 rings (SSSR count). The Hall–Kier alpha value is -0.0800. The Kier molecular flexibility index (Phi) is 2.75. The molecular weight excluding hydrogens is 196 g/mol. The Morgan fingerprint density at radius 3 is 2.25 bits per heavy atom. The normalized spacial score (nSPS) is 41.2. The number of piperidine rings is 1. The third kappa shape index (κ3) is 1.80. The topological polar surface area (TPSA) is 15.3 Å². The molecule has 0 amide bonds. The summed E-state index contributed by atoms with van der Waals surface area (Å²) in [7, 11) is 2.13. The van der Waals surface area contributed by atoms with Crippen molar-refractivity contribution in [1.29, 1.82) is 0 Å². The largest absolute Gasteiger partial charge is 0.317 e. The first-order valence-corrected chi connectivity index (χ1v) is 7.19. The molecule has 2 heterocycles. The predicted octanol–water partition coefficient (Wildman–Crippen LogP) is 2.39. The minimum Gasteiger partial charge on any atom is -0.317 e. The van der Waals surface area contributed by atoms with Crippen LogP contribution in [-0.4, -0.2) is 36.6 Å². The molecule has 1 N–H and O–H groups in total. The number of nitrogens with zero attached hydrogens (tertiary/aromatic N) is 1. The molecule has 1 aliphatic carbocycles. The lowest BCUT2D eigenvalue weighted by molar-refractivity contribution is 0.0926. The summed E-state index contributed by atoms with van der Waals surface area (Å²) >= 11 is 0. The van der Waals surface area contributed by atoms with E-state index >= 15 is 0 Å². The molecule has 16 heavy (non-hydrogen) atoms. The quantitative estimate of drug-likeness (QED) is 0.786. The fraction of sp³-hybridized carbons (Fsp3) is 1.00. The van der Waals surface area contributed by atoms with Crippen LogP contribution in [0.3, 0.4) is 0 Å². The van der Waals surface area contributed by atoms with E-state index in [2.05, 4.69) is 24.2 Å². The Morgan fingerprint density at radius 2 is 1.81 bits per heavy atom. The Bertz CT molecular complexity index is 245. The molecule has 3 fully saturated rings. The highest BCUT2D eigenvalue weighted by molar-refractivity contribution is 5.02. The second-order valence-electron chi connectivity index (χ2n) is 6.37. The summed E-state index contributed by atoms with van der Waals surface area (Å²) in [6, 6.07) is 2.60. The van der Waals surface area contributed by atoms with Crippen LogP contribution >= 0.6 is 0 Å². The highest BCUT2D eigenvalue weighted by Gasteiger charge is 2.48. The Labute approximate surface area is 99.8 Å². The first-order valence-electron chi connectivity index (χ1n) is 7.19. The van der Waals surface area contributed by atoms with Crippen LogP contribution in [0.4, 0.5) is 0 Å². The van der Waals surface area contributed by atoms with Gasteiger partial charge in [0.1, 0.15) is 0 Å². The fourth-order valence-electron chi connectivity index (χ4n) is 3.96. The van der Waals surface area contributed by atoms with Crippen LogP contribution in [0, 0.1) is 5.41 Å². The van der Waals surface area contributed by atoms with Crippen molar-refractivity contribution in [2.24, 2.45) is 5.41 Å². The van der Waals surface area contributed by atoms with Crippen LogP contribution < -0.4 is 5.32 Å². The van der Waals surface area contributed by atoms with E-state index in [9.17, 15) is 0 Å². The molecular formula is C14H26N2. The van der Waals surface area contributed by atoms with E-state index in [4.69, 9.17) is 0 Å². The van der Waals surface area contributed by atoms with Gasteiger partial charge in [0, 0.05) is 24.7 Å². The highest BCUT2D eigenvalue weighted by atomic mass is 15.2. The molecule has 2 aliphatic heterocycles. The predicted molar refractivity (Wildman–Crippen MR) is 67.6 cm³/mol. The summed E-state index contributed by atoms with van der Waals surface area (Å²) in [6.07, 6.45) is 10.1. The molecule has 2 bridgehead atoms. The number of rotatable bonds is 4. The van der Waals surface area contributed by atoms with Gasteiger partial charge in [0.05, 0.1) is 0 Å². The fourth-order valence-corrected chi connectivity index (χ4v) is 3.96. The molecule has 0 spiro atoms. The average Bonchev–Trinajstić information content (AvgIpc) is 3.03. The third-order valence-electron chi connectivity index (χ3n) is 5.52. The van der Waals surface area contributed by atoms with E-state index in [0.717, 1.165) is 23.5 Å². The van der Waals surface area contributed by atoms with Gasteiger partial charge in [-0.05, 0) is 57.4 Å². The lowest BCUT2D eigenvalue weighted by Gasteiger charge is -2.40. The van der Waals surface area contributed by atoms with Crippen LogP contribution in [0.1, 0.15) is 51.9 Å². The Morgan fingerprint density at radius 1 is 1.19 bits per heavy atom. The van der Waals surface area contributed by atoms with Gasteiger partial charge in [-0.2, -0.15) is 0 Å². The molecule has 2 heteroatoms. The minimum atomic E-state index is 0.743. The Balaban J connectivity index is 1.65. The van der Waals surface area contributed by atoms with Crippen molar-refractivity contribution in [1.82, 2.24) is 10.2 Å². The van der Waals surface area contributed by atoms with Gasteiger partial charge in [-0.15, -0.1) is 0 Å². The maximum atomic E-state index is 3.49. The second kappa shape index (κ2) is 3.99. The first kappa shape index (κ1) is 11.0. The standard InChI is InChI=1S/C14H26N2/c1-3-14(6-7-14)10-16-12-4-5-13(16)9-11(8-12)15-2/h11-13,15H,3-10H2,1-2H3. The molecule has 3 aliphatic rings. The molecule has 1 saturated carbocycles. The summed E-state index contributed by atoms with van der Waals surface area (Å²) in [5.74, 6) is 0. The SMILES string of the molecule is CCC1(CN2C3CCC2CC(NC)C3)CC1. The number of fused-ring (bicyclic) bond motifs is 2. The van der Waals surface area contributed by atoms with E-state index < -0.39 is 0 Å². The molecule has 2 nitrogen and oxygen atoms in total. The van der Waals surface area contributed by atoms with Gasteiger partial charge < -0.3 is 5.32 Å². The zero-order chi connectivity index (χ0) is 11.2. The molecule has 2 atom stereocenters. The molecule has 2 unspecified atom stereocenters. The van der Waals surface area contributed by atoms with Crippen LogP contribution in [0.25, 0.3) is 0 Å². The van der Waals surface area contributed by atoms with Gasteiger partial charge in [-0.25, -0.2) is 0 Å². The van der Waals surface area contributed by atoms with Crippen molar-refractivity contribution in [2.45, 2.75) is 70.0 Å². The lowest BCUT2D eigenvalue weighted by atomic mass is 9.94. The average molecular weight is 222 g/mol. The molecule has 0 radical (unpaired) electrons. The smallest absolute Gasteiger partial charge is 0.0114 e. The summed E-state index contributed by atoms with van der Waals surface area (Å²) in [5.41, 5.74) is 0.743. The summed E-state index contributed by atoms with van der Waals surface area (Å²) in [4.78, 5) is 2.88. The van der Waals surface area contributed by atoms with Crippen LogP contribution in [0.5, 0.6) is 0 Å². The van der Waals surface area contributed by atoms with Gasteiger partial charge in [0.2, 0.25) is 0 Å². The number of hydrogen-bond donors (Lipinski definition) is 1. The zero-order valence-electron chi connectivity index (χ0n) is 10.8. The van der Waals surface area contributed by atoms with Crippen molar-refractivity contribution in [3.05, 3.63) is 0 Å². The van der Waals surface area contributed by atoms with Crippen molar-refractivity contribution in [3.63, 3.8) is 0 Å². The molecule has 0 aromatic rings. The number of nitrogens with one attached hydrogen (secondary N) is 1. The molecule has 0 aromatic heterocycles. The lowest BCUT2D eigenvalue weighted by Crippen LogP contribution is -2.50. The van der Waals surface area contributed by atoms with Gasteiger partial charge in [0.25, 0.3) is 0 Å². The van der Waals surface area contributed by atoms with E-state index in [-0.39, 0.29) is 0 Å². The maximum absolute atomic E-state index is 3.49. The third-order valence-corrected chi connectivity index (χ3v) is 5.52. The minimum absolute atomic E-state index is 0.743. The van der Waals surface area contributed by atoms with Gasteiger partial charge in [-0.3, -0.25) is 4.90 Å². The number of hydrogen-bond acceptors (Lipinski definition) is 2. The van der Waals surface area contributed by atoms with Gasteiger partial charge in [-0.1, -0.05) is 6.92 Å². The van der Waals surface area contributed by atoms with E-state index in [1.54, 1.807) is 0 Å². The van der Waals surface area contributed by atoms with E-state index in [1.807, 2.05) is 0 Å². The van der Waals surface area contributed by atoms with E-state index in [0.29, 0.717) is 0 Å². The summed E-state index contributed by atoms with van der Waals surface area (Å²) < 4.78 is 0. The van der Waals surface area contributed by atoms with Gasteiger partial charge in [0.15, 0.2) is 0 Å². The summed E-state index contributed by atoms with van der Waals surface area (Å²) in [6.45, 7) is 3.80. The monoisotopic (exact) mass is 222 g/mol. The van der Waals surface area contributed by atoms with Crippen molar-refractivity contribution in [2.75, 3.05) is 13.6 Å². The van der Waals surface area contributed by atoms with Crippen LogP contribution in [0.2, 0.25) is 0 Å². The molecule has 0 aromatic carbocycles. The van der Waals surface area contributed by atoms with E-state index in [1.165, 1.54) is 51.5 Å². The van der Waals surface area contributed by atoms with Crippen LogP contribution in [0.15, 0.2) is 0 Å².